The molecule has 0 heterocycles. The quantitative estimate of drug-likeness (QED) is 0.357. The van der Waals surface area contributed by atoms with Gasteiger partial charge in [-0.05, 0) is 6.42 Å². The highest BCUT2D eigenvalue weighted by Crippen LogP contribution is 2.11. The summed E-state index contributed by atoms with van der Waals surface area (Å²) in [5.41, 5.74) is 0. The summed E-state index contributed by atoms with van der Waals surface area (Å²) in [5, 5.41) is 0. The van der Waals surface area contributed by atoms with Gasteiger partial charge in [0.05, 0.1) is 6.61 Å². The number of unbranched alkanes of at least 4 members (excludes halogenated alkanes) is 10. The van der Waals surface area contributed by atoms with E-state index in [1.807, 2.05) is 0 Å². The normalized spacial score (nSPS) is 11.2. The summed E-state index contributed by atoms with van der Waals surface area (Å²) in [6.45, 7) is 2.37. The fourth-order valence-electron chi connectivity index (χ4n) is 2.01. The average molecular weight is 304 g/mol. The van der Waals surface area contributed by atoms with Crippen molar-refractivity contribution in [2.45, 2.75) is 77.6 Å². The minimum atomic E-state index is -3.98. The van der Waals surface area contributed by atoms with Crippen LogP contribution in [0, 0.1) is 12.5 Å². The van der Waals surface area contributed by atoms with E-state index in [-0.39, 0.29) is 6.61 Å². The Morgan fingerprint density at radius 3 is 1.75 bits per heavy atom. The minimum Gasteiger partial charge on any atom is -0.307 e. The highest BCUT2D eigenvalue weighted by Gasteiger charge is 2.09. The van der Waals surface area contributed by atoms with Crippen molar-refractivity contribution in [2.24, 2.45) is 0 Å². The fraction of sp³-hybridized carbons (Fsp3) is 0.867. The van der Waals surface area contributed by atoms with Gasteiger partial charge >= 0.3 is 10.4 Å². The summed E-state index contributed by atoms with van der Waals surface area (Å²) >= 11 is 0. The molecule has 5 heteroatoms. The lowest BCUT2D eigenvalue weighted by Gasteiger charge is -2.03. The summed E-state index contributed by atoms with van der Waals surface area (Å²) in [6.07, 6.45) is 19.6. The van der Waals surface area contributed by atoms with Crippen LogP contribution in [-0.4, -0.2) is 15.0 Å². The van der Waals surface area contributed by atoms with E-state index in [0.717, 1.165) is 12.8 Å². The van der Waals surface area contributed by atoms with E-state index < -0.39 is 10.4 Å². The third-order valence-electron chi connectivity index (χ3n) is 3.13. The molecule has 0 unspecified atom stereocenters. The predicted molar refractivity (Wildman–Crippen MR) is 81.3 cm³/mol. The number of terminal acetylenes is 1. The third-order valence-corrected chi connectivity index (χ3v) is 3.88. The fourth-order valence-corrected chi connectivity index (χ4v) is 2.50. The lowest BCUT2D eigenvalue weighted by atomic mass is 10.1. The van der Waals surface area contributed by atoms with Crippen molar-refractivity contribution in [3.63, 3.8) is 0 Å². The molecular weight excluding hydrogens is 276 g/mol. The summed E-state index contributed by atoms with van der Waals surface area (Å²) in [4.78, 5) is 0. The molecular formula is C15H28O4S. The van der Waals surface area contributed by atoms with Crippen LogP contribution in [0.25, 0.3) is 0 Å². The van der Waals surface area contributed by atoms with Crippen LogP contribution < -0.4 is 0 Å². The summed E-state index contributed by atoms with van der Waals surface area (Å²) in [7, 11) is -3.98. The Kier molecular flexibility index (Phi) is 12.8. The molecule has 0 N–H and O–H groups in total. The van der Waals surface area contributed by atoms with E-state index in [0.29, 0.717) is 6.42 Å². The molecule has 4 nitrogen and oxygen atoms in total. The van der Waals surface area contributed by atoms with Crippen molar-refractivity contribution < 1.29 is 16.8 Å². The van der Waals surface area contributed by atoms with Gasteiger partial charge in [0, 0.05) is 0 Å². The molecule has 0 aromatic heterocycles. The third kappa shape index (κ3) is 13.7. The number of rotatable bonds is 14. The molecule has 0 fully saturated rings. The molecule has 0 saturated heterocycles. The van der Waals surface area contributed by atoms with Gasteiger partial charge in [0.1, 0.15) is 6.11 Å². The van der Waals surface area contributed by atoms with Gasteiger partial charge in [-0.15, -0.1) is 0 Å². The predicted octanol–water partition coefficient (Wildman–Crippen LogP) is 4.17. The van der Waals surface area contributed by atoms with Gasteiger partial charge in [-0.2, -0.15) is 8.42 Å². The van der Waals surface area contributed by atoms with E-state index in [1.54, 1.807) is 6.11 Å². The van der Waals surface area contributed by atoms with Crippen molar-refractivity contribution in [2.75, 3.05) is 6.61 Å². The van der Waals surface area contributed by atoms with Gasteiger partial charge in [-0.3, -0.25) is 0 Å². The number of hydrogen-bond donors (Lipinski definition) is 0. The van der Waals surface area contributed by atoms with E-state index in [2.05, 4.69) is 15.3 Å². The van der Waals surface area contributed by atoms with E-state index >= 15 is 0 Å². The lowest BCUT2D eigenvalue weighted by Crippen LogP contribution is -2.08. The highest BCUT2D eigenvalue weighted by atomic mass is 32.3. The topological polar surface area (TPSA) is 52.6 Å². The molecule has 0 radical (unpaired) electrons. The summed E-state index contributed by atoms with van der Waals surface area (Å²) < 4.78 is 30.4. The monoisotopic (exact) mass is 304 g/mol. The molecule has 0 aromatic carbocycles. The molecule has 20 heavy (non-hydrogen) atoms. The molecule has 0 amide bonds. The highest BCUT2D eigenvalue weighted by molar-refractivity contribution is 7.82. The van der Waals surface area contributed by atoms with Crippen molar-refractivity contribution in [1.29, 1.82) is 0 Å². The maximum Gasteiger partial charge on any atom is 0.457 e. The molecule has 0 aliphatic heterocycles. The largest absolute Gasteiger partial charge is 0.457 e. The lowest BCUT2D eigenvalue weighted by molar-refractivity contribution is 0.258. The zero-order chi connectivity index (χ0) is 15.1. The Bertz CT molecular complexity index is 343. The Morgan fingerprint density at radius 2 is 1.30 bits per heavy atom. The smallest absolute Gasteiger partial charge is 0.307 e. The second-order valence-corrected chi connectivity index (χ2v) is 6.19. The van der Waals surface area contributed by atoms with Crippen LogP contribution in [0.1, 0.15) is 77.6 Å². The zero-order valence-corrected chi connectivity index (χ0v) is 13.4. The van der Waals surface area contributed by atoms with Crippen LogP contribution in [-0.2, 0) is 18.8 Å². The van der Waals surface area contributed by atoms with Crippen molar-refractivity contribution in [3.05, 3.63) is 0 Å². The average Bonchev–Trinajstić information content (AvgIpc) is 2.40. The summed E-state index contributed by atoms with van der Waals surface area (Å²) in [5.74, 6) is 0. The van der Waals surface area contributed by atoms with Crippen LogP contribution in [0.15, 0.2) is 0 Å². The van der Waals surface area contributed by atoms with Gasteiger partial charge in [-0.1, -0.05) is 77.6 Å². The SMILES string of the molecule is C#COS(=O)(=O)OCCCCCCCCCCCCC. The van der Waals surface area contributed by atoms with Crippen LogP contribution in [0.2, 0.25) is 0 Å². The molecule has 0 bridgehead atoms. The summed E-state index contributed by atoms with van der Waals surface area (Å²) in [6, 6.07) is 0. The first-order chi connectivity index (χ1) is 9.62. The van der Waals surface area contributed by atoms with Crippen LogP contribution in [0.5, 0.6) is 0 Å². The van der Waals surface area contributed by atoms with Crippen molar-refractivity contribution in [1.82, 2.24) is 0 Å². The van der Waals surface area contributed by atoms with Crippen LogP contribution in [0.4, 0.5) is 0 Å². The number of hydrogen-bond acceptors (Lipinski definition) is 4. The van der Waals surface area contributed by atoms with E-state index in [9.17, 15) is 8.42 Å². The molecule has 0 rings (SSSR count). The Morgan fingerprint density at radius 1 is 0.850 bits per heavy atom. The van der Waals surface area contributed by atoms with E-state index in [4.69, 9.17) is 6.42 Å². The molecule has 118 valence electrons. The molecule has 0 aliphatic carbocycles. The standard InChI is InChI=1S/C15H28O4S/c1-3-5-6-7-8-9-10-11-12-13-14-15-19-20(16,17)18-4-2/h2H,3,5-15H2,1H3. The zero-order valence-electron chi connectivity index (χ0n) is 12.6. The first kappa shape index (κ1) is 19.3. The van der Waals surface area contributed by atoms with Crippen molar-refractivity contribution in [3.8, 4) is 12.5 Å². The molecule has 0 atom stereocenters. The molecule has 0 aromatic rings. The van der Waals surface area contributed by atoms with Gasteiger partial charge in [0.2, 0.25) is 0 Å². The molecule has 0 spiro atoms. The second kappa shape index (κ2) is 13.3. The Labute approximate surface area is 124 Å². The van der Waals surface area contributed by atoms with Crippen molar-refractivity contribution >= 4 is 10.4 Å². The first-order valence-corrected chi connectivity index (χ1v) is 8.99. The maximum atomic E-state index is 10.9. The Hall–Kier alpha value is -0.730. The minimum absolute atomic E-state index is 0.140. The van der Waals surface area contributed by atoms with Gasteiger partial charge in [-0.25, -0.2) is 4.18 Å². The van der Waals surface area contributed by atoms with Gasteiger partial charge in [0.15, 0.2) is 0 Å². The Balaban J connectivity index is 3.20. The molecule has 0 aliphatic rings. The van der Waals surface area contributed by atoms with Crippen LogP contribution in [0.3, 0.4) is 0 Å². The van der Waals surface area contributed by atoms with Crippen LogP contribution >= 0.6 is 0 Å². The van der Waals surface area contributed by atoms with E-state index in [1.165, 1.54) is 51.4 Å². The first-order valence-electron chi connectivity index (χ1n) is 7.66. The van der Waals surface area contributed by atoms with Gasteiger partial charge in [0.25, 0.3) is 0 Å². The van der Waals surface area contributed by atoms with Gasteiger partial charge < -0.3 is 4.18 Å². The maximum absolute atomic E-state index is 10.9. The second-order valence-electron chi connectivity index (χ2n) is 4.97. The molecule has 0 saturated carbocycles.